The maximum absolute atomic E-state index is 14.1. The molecule has 1 amide bonds. The summed E-state index contributed by atoms with van der Waals surface area (Å²) in [6, 6.07) is 3.16. The molecule has 1 aromatic carbocycles. The molecule has 0 aliphatic carbocycles. The molecule has 0 fully saturated rings. The number of amidine groups is 1. The topological polar surface area (TPSA) is 115 Å². The number of hydrogen-bond acceptors (Lipinski definition) is 6. The molecule has 0 atom stereocenters. The highest BCUT2D eigenvalue weighted by molar-refractivity contribution is 7.93. The van der Waals surface area contributed by atoms with Gasteiger partial charge in [-0.2, -0.15) is 0 Å². The highest BCUT2D eigenvalue weighted by Crippen LogP contribution is 2.23. The SMILES string of the molecule is CN(C)C(=N)CC(=O)Nc1ccc(S(=O)(=O)Nc2cncs2)cc1F. The molecule has 134 valence electrons. The maximum Gasteiger partial charge on any atom is 0.262 e. The van der Waals surface area contributed by atoms with Crippen LogP contribution in [0.4, 0.5) is 15.1 Å². The van der Waals surface area contributed by atoms with Crippen LogP contribution < -0.4 is 10.0 Å². The Morgan fingerprint density at radius 1 is 1.40 bits per heavy atom. The van der Waals surface area contributed by atoms with E-state index in [0.717, 1.165) is 23.5 Å². The molecule has 0 unspecified atom stereocenters. The Morgan fingerprint density at radius 2 is 2.12 bits per heavy atom. The van der Waals surface area contributed by atoms with Gasteiger partial charge in [0.05, 0.1) is 28.7 Å². The van der Waals surface area contributed by atoms with Crippen LogP contribution in [0.2, 0.25) is 0 Å². The zero-order chi connectivity index (χ0) is 18.6. The van der Waals surface area contributed by atoms with Gasteiger partial charge >= 0.3 is 0 Å². The molecule has 1 aromatic heterocycles. The van der Waals surface area contributed by atoms with E-state index in [1.54, 1.807) is 14.1 Å². The van der Waals surface area contributed by atoms with Gasteiger partial charge in [0, 0.05) is 14.1 Å². The highest BCUT2D eigenvalue weighted by atomic mass is 32.2. The number of sulfonamides is 1. The van der Waals surface area contributed by atoms with E-state index in [9.17, 15) is 17.6 Å². The molecule has 0 radical (unpaired) electrons. The summed E-state index contributed by atoms with van der Waals surface area (Å²) in [5.74, 6) is -1.40. The number of amides is 1. The Labute approximate surface area is 148 Å². The number of hydrogen-bond donors (Lipinski definition) is 3. The summed E-state index contributed by atoms with van der Waals surface area (Å²) in [5.41, 5.74) is 1.30. The van der Waals surface area contributed by atoms with E-state index in [-0.39, 0.29) is 22.8 Å². The minimum Gasteiger partial charge on any atom is -0.366 e. The number of thiazole rings is 1. The van der Waals surface area contributed by atoms with Crippen LogP contribution in [0.15, 0.2) is 34.8 Å². The van der Waals surface area contributed by atoms with Gasteiger partial charge in [0.25, 0.3) is 10.0 Å². The number of anilines is 2. The van der Waals surface area contributed by atoms with Gasteiger partial charge in [-0.1, -0.05) is 0 Å². The number of nitrogens with one attached hydrogen (secondary N) is 3. The molecular formula is C14H16FN5O3S2. The van der Waals surface area contributed by atoms with Crippen molar-refractivity contribution >= 4 is 43.8 Å². The van der Waals surface area contributed by atoms with Crippen molar-refractivity contribution in [1.29, 1.82) is 5.41 Å². The minimum absolute atomic E-state index is 0.0610. The average molecular weight is 385 g/mol. The molecule has 25 heavy (non-hydrogen) atoms. The van der Waals surface area contributed by atoms with Gasteiger partial charge in [-0.05, 0) is 18.2 Å². The second-order valence-corrected chi connectivity index (χ2v) is 7.75. The number of rotatable bonds is 6. The van der Waals surface area contributed by atoms with Crippen molar-refractivity contribution in [2.24, 2.45) is 0 Å². The fourth-order valence-electron chi connectivity index (χ4n) is 1.73. The van der Waals surface area contributed by atoms with Crippen molar-refractivity contribution in [2.45, 2.75) is 11.3 Å². The zero-order valence-electron chi connectivity index (χ0n) is 13.4. The van der Waals surface area contributed by atoms with Crippen molar-refractivity contribution in [3.63, 3.8) is 0 Å². The summed E-state index contributed by atoms with van der Waals surface area (Å²) < 4.78 is 40.8. The van der Waals surface area contributed by atoms with E-state index in [1.807, 2.05) is 0 Å². The zero-order valence-corrected chi connectivity index (χ0v) is 15.0. The Kier molecular flexibility index (Phi) is 5.69. The molecule has 0 bridgehead atoms. The molecule has 0 saturated heterocycles. The molecule has 0 saturated carbocycles. The van der Waals surface area contributed by atoms with Crippen molar-refractivity contribution in [2.75, 3.05) is 24.1 Å². The number of halogens is 1. The van der Waals surface area contributed by atoms with Crippen LogP contribution in [0.5, 0.6) is 0 Å². The molecule has 3 N–H and O–H groups in total. The van der Waals surface area contributed by atoms with E-state index in [4.69, 9.17) is 5.41 Å². The first kappa shape index (κ1) is 18.8. The van der Waals surface area contributed by atoms with Gasteiger partial charge in [-0.15, -0.1) is 11.3 Å². The van der Waals surface area contributed by atoms with Gasteiger partial charge < -0.3 is 10.2 Å². The summed E-state index contributed by atoms with van der Waals surface area (Å²) in [6.07, 6.45) is 1.12. The predicted octanol–water partition coefficient (Wildman–Crippen LogP) is 1.95. The first-order chi connectivity index (χ1) is 11.7. The first-order valence-corrected chi connectivity index (χ1v) is 9.31. The van der Waals surface area contributed by atoms with Crippen molar-refractivity contribution in [3.8, 4) is 0 Å². The number of carbonyl (C=O) groups is 1. The predicted molar refractivity (Wildman–Crippen MR) is 94.0 cm³/mol. The summed E-state index contributed by atoms with van der Waals surface area (Å²) >= 11 is 1.09. The Balaban J connectivity index is 2.12. The highest BCUT2D eigenvalue weighted by Gasteiger charge is 2.18. The van der Waals surface area contributed by atoms with E-state index in [2.05, 4.69) is 15.0 Å². The lowest BCUT2D eigenvalue weighted by molar-refractivity contribution is -0.115. The van der Waals surface area contributed by atoms with E-state index in [1.165, 1.54) is 22.7 Å². The molecule has 8 nitrogen and oxygen atoms in total. The molecule has 2 aromatic rings. The maximum atomic E-state index is 14.1. The van der Waals surface area contributed by atoms with Crippen LogP contribution in [0, 0.1) is 11.2 Å². The van der Waals surface area contributed by atoms with Gasteiger partial charge in [0.2, 0.25) is 5.91 Å². The fourth-order valence-corrected chi connectivity index (χ4v) is 3.55. The van der Waals surface area contributed by atoms with Crippen LogP contribution in [-0.2, 0) is 14.8 Å². The minimum atomic E-state index is -3.95. The van der Waals surface area contributed by atoms with Gasteiger partial charge in [-0.3, -0.25) is 19.9 Å². The summed E-state index contributed by atoms with van der Waals surface area (Å²) in [4.78, 5) is 16.7. The van der Waals surface area contributed by atoms with Crippen molar-refractivity contribution < 1.29 is 17.6 Å². The third kappa shape index (κ3) is 4.97. The lowest BCUT2D eigenvalue weighted by Gasteiger charge is -2.14. The van der Waals surface area contributed by atoms with Crippen LogP contribution in [0.25, 0.3) is 0 Å². The monoisotopic (exact) mass is 385 g/mol. The molecule has 0 aliphatic heterocycles. The van der Waals surface area contributed by atoms with Gasteiger partial charge in [-0.25, -0.2) is 12.8 Å². The number of nitrogens with zero attached hydrogens (tertiary/aromatic N) is 2. The van der Waals surface area contributed by atoms with Crippen LogP contribution in [-0.4, -0.2) is 44.1 Å². The first-order valence-electron chi connectivity index (χ1n) is 6.94. The second kappa shape index (κ2) is 7.57. The van der Waals surface area contributed by atoms with Crippen molar-refractivity contribution in [3.05, 3.63) is 35.7 Å². The number of carbonyl (C=O) groups excluding carboxylic acids is 1. The normalized spacial score (nSPS) is 11.0. The van der Waals surface area contributed by atoms with E-state index < -0.39 is 21.7 Å². The van der Waals surface area contributed by atoms with Crippen LogP contribution in [0.1, 0.15) is 6.42 Å². The Hall–Kier alpha value is -2.53. The van der Waals surface area contributed by atoms with Gasteiger partial charge in [0.1, 0.15) is 16.7 Å². The quantitative estimate of drug-likeness (QED) is 0.519. The van der Waals surface area contributed by atoms with Crippen LogP contribution >= 0.6 is 11.3 Å². The molecular weight excluding hydrogens is 369 g/mol. The third-order valence-corrected chi connectivity index (χ3v) is 5.24. The molecule has 1 heterocycles. The summed E-state index contributed by atoms with van der Waals surface area (Å²) in [7, 11) is -0.720. The molecule has 2 rings (SSSR count). The van der Waals surface area contributed by atoms with Crippen molar-refractivity contribution in [1.82, 2.24) is 9.88 Å². The fraction of sp³-hybridized carbons (Fsp3) is 0.214. The standard InChI is InChI=1S/C14H16FN5O3S2/c1-20(2)12(16)6-13(21)18-11-4-3-9(5-10(11)15)25(22,23)19-14-7-17-8-24-14/h3-5,7-8,16,19H,6H2,1-2H3,(H,18,21). The average Bonchev–Trinajstić information content (AvgIpc) is 3.01. The summed E-state index contributed by atoms with van der Waals surface area (Å²) in [6.45, 7) is 0. The lowest BCUT2D eigenvalue weighted by atomic mass is 10.3. The molecule has 0 spiro atoms. The molecule has 0 aliphatic rings. The van der Waals surface area contributed by atoms with E-state index in [0.29, 0.717) is 5.00 Å². The largest absolute Gasteiger partial charge is 0.366 e. The van der Waals surface area contributed by atoms with E-state index >= 15 is 0 Å². The lowest BCUT2D eigenvalue weighted by Crippen LogP contribution is -2.26. The number of aromatic nitrogens is 1. The van der Waals surface area contributed by atoms with Gasteiger partial charge in [0.15, 0.2) is 0 Å². The van der Waals surface area contributed by atoms with Crippen LogP contribution in [0.3, 0.4) is 0 Å². The molecule has 11 heteroatoms. The second-order valence-electron chi connectivity index (χ2n) is 5.18. The Bertz CT molecular complexity index is 882. The summed E-state index contributed by atoms with van der Waals surface area (Å²) in [5, 5.41) is 10.2. The third-order valence-electron chi connectivity index (χ3n) is 3.06. The Morgan fingerprint density at radius 3 is 2.68 bits per heavy atom. The smallest absolute Gasteiger partial charge is 0.262 e. The number of benzene rings is 1.